The Labute approximate surface area is 111 Å². The molecule has 0 aromatic rings. The van der Waals surface area contributed by atoms with Crippen molar-refractivity contribution in [2.45, 2.75) is 38.8 Å². The van der Waals surface area contributed by atoms with Crippen molar-refractivity contribution in [3.05, 3.63) is 0 Å². The molecule has 2 fully saturated rings. The molecule has 0 aromatic heterocycles. The maximum atomic E-state index is 10.5. The van der Waals surface area contributed by atoms with Crippen LogP contribution in [0.4, 0.5) is 0 Å². The van der Waals surface area contributed by atoms with Gasteiger partial charge in [0.05, 0.1) is 11.6 Å². The molecule has 2 aliphatic rings. The van der Waals surface area contributed by atoms with Crippen LogP contribution in [0.2, 0.25) is 0 Å². The molecule has 2 unspecified atom stereocenters. The lowest BCUT2D eigenvalue weighted by atomic mass is 9.88. The van der Waals surface area contributed by atoms with Crippen molar-refractivity contribution >= 4 is 0 Å². The molecule has 4 nitrogen and oxygen atoms in total. The van der Waals surface area contributed by atoms with Gasteiger partial charge in [-0.15, -0.1) is 0 Å². The molecule has 0 aliphatic carbocycles. The van der Waals surface area contributed by atoms with E-state index in [-0.39, 0.29) is 6.04 Å². The standard InChI is InChI=1S/C14H29N3O/c1-12(2)11-16-6-8-17(9-7-16)13-10-15-5-4-14(13,3)18/h12-13,15,18H,4-11H2,1-3H3. The molecule has 4 heteroatoms. The molecule has 0 amide bonds. The molecule has 2 rings (SSSR count). The fraction of sp³-hybridized carbons (Fsp3) is 1.00. The summed E-state index contributed by atoms with van der Waals surface area (Å²) >= 11 is 0. The van der Waals surface area contributed by atoms with Gasteiger partial charge in [0.25, 0.3) is 0 Å². The summed E-state index contributed by atoms with van der Waals surface area (Å²) in [6.07, 6.45) is 0.865. The maximum Gasteiger partial charge on any atom is 0.0798 e. The van der Waals surface area contributed by atoms with Crippen LogP contribution < -0.4 is 5.32 Å². The topological polar surface area (TPSA) is 38.7 Å². The molecule has 2 saturated heterocycles. The molecule has 0 radical (unpaired) electrons. The Morgan fingerprint density at radius 2 is 1.94 bits per heavy atom. The van der Waals surface area contributed by atoms with Crippen LogP contribution in [0.25, 0.3) is 0 Å². The second-order valence-corrected chi connectivity index (χ2v) is 6.56. The Kier molecular flexibility index (Phi) is 4.64. The number of nitrogens with zero attached hydrogens (tertiary/aromatic N) is 2. The summed E-state index contributed by atoms with van der Waals surface area (Å²) in [4.78, 5) is 5.02. The van der Waals surface area contributed by atoms with E-state index >= 15 is 0 Å². The Bertz CT molecular complexity index is 260. The molecule has 18 heavy (non-hydrogen) atoms. The molecule has 0 bridgehead atoms. The molecule has 0 aromatic carbocycles. The van der Waals surface area contributed by atoms with Gasteiger partial charge >= 0.3 is 0 Å². The van der Waals surface area contributed by atoms with Crippen molar-refractivity contribution in [3.8, 4) is 0 Å². The molecule has 0 spiro atoms. The summed E-state index contributed by atoms with van der Waals surface area (Å²) in [5, 5.41) is 13.9. The van der Waals surface area contributed by atoms with E-state index in [9.17, 15) is 5.11 Å². The number of hydrogen-bond donors (Lipinski definition) is 2. The highest BCUT2D eigenvalue weighted by molar-refractivity contribution is 4.96. The zero-order chi connectivity index (χ0) is 13.2. The Hall–Kier alpha value is -0.160. The predicted molar refractivity (Wildman–Crippen MR) is 74.7 cm³/mol. The number of rotatable bonds is 3. The van der Waals surface area contributed by atoms with Gasteiger partial charge in [0.1, 0.15) is 0 Å². The van der Waals surface area contributed by atoms with E-state index in [1.165, 1.54) is 6.54 Å². The van der Waals surface area contributed by atoms with Crippen LogP contribution in [-0.4, -0.2) is 72.4 Å². The first-order valence-electron chi connectivity index (χ1n) is 7.38. The highest BCUT2D eigenvalue weighted by atomic mass is 16.3. The van der Waals surface area contributed by atoms with Gasteiger partial charge in [-0.2, -0.15) is 0 Å². The molecule has 2 N–H and O–H groups in total. The Morgan fingerprint density at radius 1 is 1.28 bits per heavy atom. The maximum absolute atomic E-state index is 10.5. The zero-order valence-electron chi connectivity index (χ0n) is 12.2. The minimum absolute atomic E-state index is 0.285. The summed E-state index contributed by atoms with van der Waals surface area (Å²) in [6, 6.07) is 0.285. The van der Waals surface area contributed by atoms with Crippen LogP contribution >= 0.6 is 0 Å². The van der Waals surface area contributed by atoms with E-state index in [1.807, 2.05) is 6.92 Å². The first-order chi connectivity index (χ1) is 8.49. The monoisotopic (exact) mass is 255 g/mol. The van der Waals surface area contributed by atoms with E-state index in [0.717, 1.165) is 51.6 Å². The van der Waals surface area contributed by atoms with Crippen LogP contribution in [0.3, 0.4) is 0 Å². The minimum Gasteiger partial charge on any atom is -0.388 e. The molecule has 2 atom stereocenters. The largest absolute Gasteiger partial charge is 0.388 e. The quantitative estimate of drug-likeness (QED) is 0.764. The van der Waals surface area contributed by atoms with E-state index in [2.05, 4.69) is 29.0 Å². The fourth-order valence-corrected chi connectivity index (χ4v) is 3.26. The van der Waals surface area contributed by atoms with E-state index < -0.39 is 5.60 Å². The van der Waals surface area contributed by atoms with Gasteiger partial charge < -0.3 is 15.3 Å². The first-order valence-corrected chi connectivity index (χ1v) is 7.38. The SMILES string of the molecule is CC(C)CN1CCN(C2CNCCC2(C)O)CC1. The van der Waals surface area contributed by atoms with Gasteiger partial charge in [-0.25, -0.2) is 0 Å². The van der Waals surface area contributed by atoms with Crippen molar-refractivity contribution < 1.29 is 5.11 Å². The lowest BCUT2D eigenvalue weighted by Crippen LogP contribution is -2.63. The summed E-state index contributed by atoms with van der Waals surface area (Å²) < 4.78 is 0. The van der Waals surface area contributed by atoms with Crippen LogP contribution in [0.1, 0.15) is 27.2 Å². The average molecular weight is 255 g/mol. The van der Waals surface area contributed by atoms with Crippen LogP contribution in [-0.2, 0) is 0 Å². The third kappa shape index (κ3) is 3.44. The Balaban J connectivity index is 1.85. The number of piperidine rings is 1. The normalized spacial score (nSPS) is 36.2. The lowest BCUT2D eigenvalue weighted by molar-refractivity contribution is -0.0650. The summed E-state index contributed by atoms with van der Waals surface area (Å²) in [6.45, 7) is 14.1. The number of piperazine rings is 1. The number of aliphatic hydroxyl groups is 1. The number of nitrogens with one attached hydrogen (secondary N) is 1. The molecule has 2 heterocycles. The molecule has 2 aliphatic heterocycles. The summed E-state index contributed by atoms with van der Waals surface area (Å²) in [5.41, 5.74) is -0.522. The van der Waals surface area contributed by atoms with Crippen molar-refractivity contribution in [2.75, 3.05) is 45.8 Å². The van der Waals surface area contributed by atoms with Crippen LogP contribution in [0.15, 0.2) is 0 Å². The molecule has 106 valence electrons. The van der Waals surface area contributed by atoms with Crippen molar-refractivity contribution in [3.63, 3.8) is 0 Å². The molecular formula is C14H29N3O. The Morgan fingerprint density at radius 3 is 2.50 bits per heavy atom. The fourth-order valence-electron chi connectivity index (χ4n) is 3.26. The van der Waals surface area contributed by atoms with Gasteiger partial charge in [0.2, 0.25) is 0 Å². The van der Waals surface area contributed by atoms with Crippen molar-refractivity contribution in [1.29, 1.82) is 0 Å². The van der Waals surface area contributed by atoms with E-state index in [4.69, 9.17) is 0 Å². The van der Waals surface area contributed by atoms with Crippen LogP contribution in [0.5, 0.6) is 0 Å². The van der Waals surface area contributed by atoms with E-state index in [1.54, 1.807) is 0 Å². The highest BCUT2D eigenvalue weighted by Gasteiger charge is 2.39. The molecule has 0 saturated carbocycles. The van der Waals surface area contributed by atoms with Gasteiger partial charge in [0, 0.05) is 39.3 Å². The minimum atomic E-state index is -0.522. The lowest BCUT2D eigenvalue weighted by Gasteiger charge is -2.47. The van der Waals surface area contributed by atoms with Gasteiger partial charge in [0.15, 0.2) is 0 Å². The third-order valence-electron chi connectivity index (χ3n) is 4.33. The average Bonchev–Trinajstić information content (AvgIpc) is 2.29. The number of hydrogen-bond acceptors (Lipinski definition) is 4. The highest BCUT2D eigenvalue weighted by Crippen LogP contribution is 2.23. The second kappa shape index (κ2) is 5.87. The smallest absolute Gasteiger partial charge is 0.0798 e. The van der Waals surface area contributed by atoms with Crippen molar-refractivity contribution in [1.82, 2.24) is 15.1 Å². The second-order valence-electron chi connectivity index (χ2n) is 6.56. The summed E-state index contributed by atoms with van der Waals surface area (Å²) in [7, 11) is 0. The van der Waals surface area contributed by atoms with E-state index in [0.29, 0.717) is 0 Å². The van der Waals surface area contributed by atoms with Gasteiger partial charge in [-0.05, 0) is 25.8 Å². The third-order valence-corrected chi connectivity index (χ3v) is 4.33. The molecular weight excluding hydrogens is 226 g/mol. The van der Waals surface area contributed by atoms with Crippen molar-refractivity contribution in [2.24, 2.45) is 5.92 Å². The first kappa shape index (κ1) is 14.3. The zero-order valence-corrected chi connectivity index (χ0v) is 12.2. The summed E-state index contributed by atoms with van der Waals surface area (Å²) in [5.74, 6) is 0.746. The van der Waals surface area contributed by atoms with Gasteiger partial charge in [-0.1, -0.05) is 13.8 Å². The van der Waals surface area contributed by atoms with Crippen LogP contribution in [0, 0.1) is 5.92 Å². The van der Waals surface area contributed by atoms with Gasteiger partial charge in [-0.3, -0.25) is 4.90 Å². The predicted octanol–water partition coefficient (Wildman–Crippen LogP) is 0.373.